The standard InChI is InChI=1S/C40H37F6O4S.C27H18F6O2S.C12H17ClO3.2ClH/c1-38(30-19-26-18-27(21-30)22-31(38)20-26)50-37(47)24-49-32-8-2-25(3-9-32)23-48-33-10-16-36(17-11-33)51(34-12-4-28(5-13-34)39(41,42)43)35-14-6-29(7-15-35)40(44,45)46;28-26(29,30)19-3-11-23(12-4-19)36(24-13-5-20(6-14-24)27(31,32)33)25-15-9-22(10-16-25)35-17-18-1-7-21(34)8-2-18;1-12(15-11(14)16-13)9-3-7-2-8(5-9)6-10(12)4-7;;/h2-17,26-27,30-31H,18-24H2,1H3;1-16H,17H2;7-10H,2-6H2,1H3;2*1H/q+1;;;;/p-1. The molecule has 0 aliphatic heterocycles. The zero-order chi connectivity index (χ0) is 73.2. The molecule has 8 aromatic rings. The van der Waals surface area contributed by atoms with E-state index in [0.717, 1.165) is 109 Å². The van der Waals surface area contributed by atoms with E-state index in [0.29, 0.717) is 70.3 Å². The Labute approximate surface area is 623 Å². The van der Waals surface area contributed by atoms with E-state index in [2.05, 4.69) is 18.1 Å². The first-order chi connectivity index (χ1) is 48.9. The van der Waals surface area contributed by atoms with Crippen molar-refractivity contribution in [1.29, 1.82) is 0 Å². The monoisotopic (exact) mass is 1560 g/mol. The number of ether oxygens (including phenoxy) is 5. The smallest absolute Gasteiger partial charge is 0.527 e. The molecule has 0 radical (unpaired) electrons. The minimum absolute atomic E-state index is 0. The molecule has 1 N–H and O–H groups in total. The number of esters is 1. The van der Waals surface area contributed by atoms with Gasteiger partial charge in [-0.25, -0.2) is 9.59 Å². The Hall–Kier alpha value is -7.57. The van der Waals surface area contributed by atoms with Crippen molar-refractivity contribution in [3.8, 4) is 23.0 Å². The number of halogens is 15. The Bertz CT molecular complexity index is 4020. The summed E-state index contributed by atoms with van der Waals surface area (Å²) in [6.45, 7) is 4.49. The molecule has 8 aliphatic carbocycles. The molecule has 0 saturated heterocycles. The number of hydrogen-bond acceptors (Lipinski definition) is 9. The lowest BCUT2D eigenvalue weighted by atomic mass is 9.50. The third kappa shape index (κ3) is 19.2. The molecular formula is C79H73Cl3F12O9S2. The number of phenolic OH excluding ortho intramolecular Hbond substituents is 1. The molecule has 0 spiro atoms. The van der Waals surface area contributed by atoms with Crippen LogP contribution in [0.15, 0.2) is 223 Å². The zero-order valence-corrected chi connectivity index (χ0v) is 60.4. The van der Waals surface area contributed by atoms with E-state index in [-0.39, 0.29) is 62.0 Å². The Morgan fingerprint density at radius 3 is 0.905 bits per heavy atom. The van der Waals surface area contributed by atoms with Gasteiger partial charge in [-0.15, -0.1) is 0 Å². The second-order valence-corrected chi connectivity index (χ2v) is 31.9. The Morgan fingerprint density at radius 1 is 0.381 bits per heavy atom. The predicted molar refractivity (Wildman–Crippen MR) is 362 cm³/mol. The van der Waals surface area contributed by atoms with Gasteiger partial charge in [0.25, 0.3) is 0 Å². The van der Waals surface area contributed by atoms with Gasteiger partial charge in [-0.05, 0) is 306 Å². The highest BCUT2D eigenvalue weighted by atomic mass is 35.5. The maximum absolute atomic E-state index is 13.2. The van der Waals surface area contributed by atoms with Crippen molar-refractivity contribution in [1.82, 2.24) is 0 Å². The van der Waals surface area contributed by atoms with Gasteiger partial charge < -0.3 is 57.9 Å². The third-order valence-corrected chi connectivity index (χ3v) is 25.6. The summed E-state index contributed by atoms with van der Waals surface area (Å²) in [5, 5.41) is 9.37. The summed E-state index contributed by atoms with van der Waals surface area (Å²) in [5.41, 5.74) is -2.28. The summed E-state index contributed by atoms with van der Waals surface area (Å²) in [4.78, 5) is 27.5. The molecule has 8 aliphatic rings. The number of hydrogen-bond donors (Lipinski definition) is 1. The third-order valence-electron chi connectivity index (χ3n) is 21.0. The number of carbonyl (C=O) groups excluding carboxylic acids is 2. The first-order valence-electron chi connectivity index (χ1n) is 33.7. The van der Waals surface area contributed by atoms with Crippen molar-refractivity contribution >= 4 is 45.8 Å². The van der Waals surface area contributed by atoms with Crippen molar-refractivity contribution in [3.05, 3.63) is 228 Å². The minimum Gasteiger partial charge on any atom is -1.00 e. The molecule has 8 fully saturated rings. The van der Waals surface area contributed by atoms with Crippen LogP contribution in [-0.2, 0) is 78.3 Å². The number of benzene rings is 8. The molecule has 9 nitrogen and oxygen atoms in total. The van der Waals surface area contributed by atoms with Gasteiger partial charge in [-0.1, -0.05) is 24.3 Å². The van der Waals surface area contributed by atoms with Gasteiger partial charge in [0.2, 0.25) is 0 Å². The SMILES string of the molecule is CC1(OC(=O)COc2ccc(COc3ccc([S+](c4ccc(C(F)(F)F)cc4)c4ccc(C(F)(F)F)cc4)cc3)cc2)C2CC3CC(C2)CC1C3.CC1(OC(=O)OCl)C2CC3CC(C2)CC1C3.Oc1ccc(COc2ccc([S+](c3ccc(C(F)(F)F)cc3)c3ccc(C(F)(F)F)cc3)cc2)cc1.[Cl-].[Cl-]. The maximum atomic E-state index is 13.2. The Kier molecular flexibility index (Phi) is 25.0. The molecule has 560 valence electrons. The van der Waals surface area contributed by atoms with Crippen LogP contribution in [0.25, 0.3) is 0 Å². The molecule has 8 aromatic carbocycles. The van der Waals surface area contributed by atoms with Gasteiger partial charge in [0.05, 0.1) is 44.0 Å². The Balaban J connectivity index is 0.000000189. The topological polar surface area (TPSA) is 110 Å². The largest absolute Gasteiger partial charge is 1.00 e. The first kappa shape index (κ1) is 80.0. The van der Waals surface area contributed by atoms with E-state index in [1.165, 1.54) is 87.1 Å². The normalized spacial score (nSPS) is 23.3. The number of phenols is 1. The molecule has 0 amide bonds. The van der Waals surface area contributed by atoms with Crippen LogP contribution in [0.4, 0.5) is 57.5 Å². The molecule has 0 atom stereocenters. The quantitative estimate of drug-likeness (QED) is 0.0541. The van der Waals surface area contributed by atoms with E-state index < -0.39 is 80.5 Å². The fraction of sp³-hybridized carbons (Fsp3) is 0.367. The van der Waals surface area contributed by atoms with Crippen LogP contribution in [0, 0.1) is 47.3 Å². The van der Waals surface area contributed by atoms with Crippen molar-refractivity contribution in [2.75, 3.05) is 6.61 Å². The summed E-state index contributed by atoms with van der Waals surface area (Å²) in [6.07, 6.45) is -6.61. The highest BCUT2D eigenvalue weighted by molar-refractivity contribution is 7.97. The van der Waals surface area contributed by atoms with E-state index in [1.807, 2.05) is 12.1 Å². The summed E-state index contributed by atoms with van der Waals surface area (Å²) >= 11 is 5.05. The number of carbonyl (C=O) groups is 2. The molecular weight excluding hydrogens is 1490 g/mol. The molecule has 16 rings (SSSR count). The predicted octanol–water partition coefficient (Wildman–Crippen LogP) is 16.2. The van der Waals surface area contributed by atoms with E-state index in [9.17, 15) is 67.4 Å². The average molecular weight is 1560 g/mol. The molecule has 0 aromatic heterocycles. The van der Waals surface area contributed by atoms with Crippen LogP contribution in [0.1, 0.15) is 111 Å². The van der Waals surface area contributed by atoms with Gasteiger partial charge in [0.15, 0.2) is 36.0 Å². The minimum atomic E-state index is -4.52. The van der Waals surface area contributed by atoms with E-state index >= 15 is 0 Å². The first-order valence-corrected chi connectivity index (χ1v) is 36.5. The summed E-state index contributed by atoms with van der Waals surface area (Å²) < 4.78 is 191. The van der Waals surface area contributed by atoms with Gasteiger partial charge in [-0.2, -0.15) is 52.7 Å². The fourth-order valence-corrected chi connectivity index (χ4v) is 20.2. The molecule has 0 unspecified atom stereocenters. The molecule has 26 heteroatoms. The second kappa shape index (κ2) is 32.9. The fourth-order valence-electron chi connectivity index (χ4n) is 16.1. The van der Waals surface area contributed by atoms with Crippen molar-refractivity contribution in [3.63, 3.8) is 0 Å². The van der Waals surface area contributed by atoms with Crippen LogP contribution in [0.2, 0.25) is 0 Å². The highest BCUT2D eigenvalue weighted by Crippen LogP contribution is 2.61. The van der Waals surface area contributed by atoms with Crippen LogP contribution in [-0.4, -0.2) is 35.0 Å². The lowest BCUT2D eigenvalue weighted by molar-refractivity contribution is -0.204. The molecule has 8 bridgehead atoms. The zero-order valence-electron chi connectivity index (χ0n) is 56.5. The van der Waals surface area contributed by atoms with Crippen molar-refractivity contribution < 1.29 is 120 Å². The van der Waals surface area contributed by atoms with Crippen LogP contribution in [0.5, 0.6) is 23.0 Å². The van der Waals surface area contributed by atoms with E-state index in [4.69, 9.17) is 35.6 Å². The van der Waals surface area contributed by atoms with Gasteiger partial charge in [0, 0.05) is 0 Å². The van der Waals surface area contributed by atoms with Gasteiger partial charge in [-0.3, -0.25) is 0 Å². The van der Waals surface area contributed by atoms with Crippen LogP contribution < -0.4 is 39.0 Å². The summed E-state index contributed by atoms with van der Waals surface area (Å²) in [6, 6.07) is 46.1. The number of aromatic hydroxyl groups is 1. The van der Waals surface area contributed by atoms with Crippen LogP contribution in [0.3, 0.4) is 0 Å². The Morgan fingerprint density at radius 2 is 0.629 bits per heavy atom. The number of alkyl halides is 12. The van der Waals surface area contributed by atoms with Crippen molar-refractivity contribution in [2.24, 2.45) is 47.3 Å². The average Bonchev–Trinajstić information content (AvgIpc) is 0.739. The summed E-state index contributed by atoms with van der Waals surface area (Å²) in [7, 11) is -1.94. The van der Waals surface area contributed by atoms with E-state index in [1.54, 1.807) is 84.9 Å². The van der Waals surface area contributed by atoms with Crippen LogP contribution >= 0.6 is 11.9 Å². The van der Waals surface area contributed by atoms with Gasteiger partial charge in [0.1, 0.15) is 59.3 Å². The number of rotatable bonds is 17. The maximum Gasteiger partial charge on any atom is 0.527 e. The molecule has 8 saturated carbocycles. The highest BCUT2D eigenvalue weighted by Gasteiger charge is 2.59. The van der Waals surface area contributed by atoms with Gasteiger partial charge >= 0.3 is 36.8 Å². The summed E-state index contributed by atoms with van der Waals surface area (Å²) in [5.74, 6) is 6.60. The lowest BCUT2D eigenvalue weighted by Gasteiger charge is -2.59. The molecule has 0 heterocycles. The molecule has 105 heavy (non-hydrogen) atoms. The second-order valence-electron chi connectivity index (χ2n) is 27.7. The lowest BCUT2D eigenvalue weighted by Crippen LogP contribution is -3.00. The van der Waals surface area contributed by atoms with Crippen molar-refractivity contribution in [2.45, 2.75) is 157 Å².